The molecule has 0 atom stereocenters. The Morgan fingerprint density at radius 3 is 2.20 bits per heavy atom. The number of hydrogen-bond acceptors (Lipinski definition) is 4. The average Bonchev–Trinajstić information content (AvgIpc) is 2.84. The van der Waals surface area contributed by atoms with Crippen LogP contribution in [0, 0.1) is 20.8 Å². The van der Waals surface area contributed by atoms with Gasteiger partial charge in [0, 0.05) is 27.9 Å². The third-order valence-corrected chi connectivity index (χ3v) is 5.87. The van der Waals surface area contributed by atoms with E-state index in [2.05, 4.69) is 16.7 Å². The summed E-state index contributed by atoms with van der Waals surface area (Å²) < 4.78 is 0. The van der Waals surface area contributed by atoms with Crippen molar-refractivity contribution >= 4 is 34.1 Å². The number of rotatable bonds is 5. The minimum atomic E-state index is -0.141. The van der Waals surface area contributed by atoms with Crippen LogP contribution >= 0.6 is 0 Å². The first-order chi connectivity index (χ1) is 17.0. The fourth-order valence-electron chi connectivity index (χ4n) is 4.26. The van der Waals surface area contributed by atoms with Gasteiger partial charge in [-0.05, 0) is 73.9 Å². The van der Waals surface area contributed by atoms with Crippen molar-refractivity contribution < 1.29 is 4.79 Å². The van der Waals surface area contributed by atoms with E-state index in [1.165, 1.54) is 0 Å². The van der Waals surface area contributed by atoms with E-state index in [1.807, 2.05) is 106 Å². The Morgan fingerprint density at radius 1 is 0.743 bits per heavy atom. The first-order valence-corrected chi connectivity index (χ1v) is 11.6. The molecule has 0 spiro atoms. The lowest BCUT2D eigenvalue weighted by Crippen LogP contribution is -2.12. The number of para-hydroxylation sites is 1. The Bertz CT molecular complexity index is 1520. The third-order valence-electron chi connectivity index (χ3n) is 5.87. The maximum atomic E-state index is 12.9. The van der Waals surface area contributed by atoms with Gasteiger partial charge in [-0.2, -0.15) is 0 Å². The monoisotopic (exact) mass is 458 g/mol. The van der Waals surface area contributed by atoms with Crippen LogP contribution in [0.3, 0.4) is 0 Å². The molecule has 0 aliphatic carbocycles. The lowest BCUT2D eigenvalue weighted by molar-refractivity contribution is 0.102. The summed E-state index contributed by atoms with van der Waals surface area (Å²) in [5, 5.41) is 7.35. The molecule has 0 bridgehead atoms. The average molecular weight is 459 g/mol. The van der Waals surface area contributed by atoms with Crippen molar-refractivity contribution in [1.29, 1.82) is 0 Å². The van der Waals surface area contributed by atoms with Gasteiger partial charge in [0.05, 0.1) is 11.2 Å². The molecule has 1 aromatic heterocycles. The molecule has 5 heteroatoms. The number of aryl methyl sites for hydroxylation is 3. The molecule has 2 N–H and O–H groups in total. The summed E-state index contributed by atoms with van der Waals surface area (Å²) in [6, 6.07) is 29.7. The number of fused-ring (bicyclic) bond motifs is 1. The summed E-state index contributed by atoms with van der Waals surface area (Å²) in [5.74, 6) is 0.371. The summed E-state index contributed by atoms with van der Waals surface area (Å²) in [5.41, 5.74) is 8.17. The number of nitrogens with zero attached hydrogens (tertiary/aromatic N) is 2. The molecule has 0 fully saturated rings. The number of aromatic nitrogens is 2. The molecule has 1 amide bonds. The molecule has 35 heavy (non-hydrogen) atoms. The van der Waals surface area contributed by atoms with Gasteiger partial charge in [0.1, 0.15) is 0 Å². The van der Waals surface area contributed by atoms with Crippen molar-refractivity contribution in [1.82, 2.24) is 9.97 Å². The maximum Gasteiger partial charge on any atom is 0.255 e. The van der Waals surface area contributed by atoms with Gasteiger partial charge in [0.15, 0.2) is 0 Å². The number of amides is 1. The van der Waals surface area contributed by atoms with Crippen molar-refractivity contribution in [2.45, 2.75) is 20.8 Å². The second kappa shape index (κ2) is 9.39. The van der Waals surface area contributed by atoms with Crippen molar-refractivity contribution in [2.24, 2.45) is 0 Å². The standard InChI is InChI=1S/C30H26N4O/c1-19-15-20(2)17-24(16-19)31-29(35)23-13-14-26(21(3)18-23)32-30-33-27-12-8-7-11-25(27)28(34-30)22-9-5-4-6-10-22/h4-18H,1-3H3,(H,31,35)(H,32,33,34). The van der Waals surface area contributed by atoms with Gasteiger partial charge in [0.2, 0.25) is 5.95 Å². The highest BCUT2D eigenvalue weighted by atomic mass is 16.1. The predicted octanol–water partition coefficient (Wildman–Crippen LogP) is 7.22. The molecule has 172 valence electrons. The highest BCUT2D eigenvalue weighted by Gasteiger charge is 2.12. The Balaban J connectivity index is 1.43. The van der Waals surface area contributed by atoms with E-state index in [0.717, 1.165) is 50.2 Å². The van der Waals surface area contributed by atoms with Gasteiger partial charge in [-0.3, -0.25) is 4.79 Å². The summed E-state index contributed by atoms with van der Waals surface area (Å²) >= 11 is 0. The lowest BCUT2D eigenvalue weighted by atomic mass is 10.1. The van der Waals surface area contributed by atoms with E-state index < -0.39 is 0 Å². The van der Waals surface area contributed by atoms with Crippen LogP contribution in [0.2, 0.25) is 0 Å². The molecule has 0 aliphatic rings. The molecule has 0 saturated carbocycles. The Kier molecular flexibility index (Phi) is 5.98. The highest BCUT2D eigenvalue weighted by molar-refractivity contribution is 6.04. The lowest BCUT2D eigenvalue weighted by Gasteiger charge is -2.13. The predicted molar refractivity (Wildman–Crippen MR) is 143 cm³/mol. The molecule has 0 unspecified atom stereocenters. The van der Waals surface area contributed by atoms with Gasteiger partial charge in [-0.25, -0.2) is 9.97 Å². The fraction of sp³-hybridized carbons (Fsp3) is 0.100. The van der Waals surface area contributed by atoms with Gasteiger partial charge in [-0.15, -0.1) is 0 Å². The van der Waals surface area contributed by atoms with Crippen LogP contribution in [0.4, 0.5) is 17.3 Å². The number of nitrogens with one attached hydrogen (secondary N) is 2. The largest absolute Gasteiger partial charge is 0.324 e. The van der Waals surface area contributed by atoms with E-state index in [0.29, 0.717) is 11.5 Å². The van der Waals surface area contributed by atoms with E-state index in [4.69, 9.17) is 9.97 Å². The van der Waals surface area contributed by atoms with E-state index in [-0.39, 0.29) is 5.91 Å². The SMILES string of the molecule is Cc1cc(C)cc(NC(=O)c2ccc(Nc3nc(-c4ccccc4)c4ccccc4n3)c(C)c2)c1. The smallest absolute Gasteiger partial charge is 0.255 e. The van der Waals surface area contributed by atoms with Crippen LogP contribution in [0.5, 0.6) is 0 Å². The zero-order chi connectivity index (χ0) is 24.4. The quantitative estimate of drug-likeness (QED) is 0.292. The van der Waals surface area contributed by atoms with Gasteiger partial charge >= 0.3 is 0 Å². The Hall–Kier alpha value is -4.51. The van der Waals surface area contributed by atoms with E-state index >= 15 is 0 Å². The molecule has 0 saturated heterocycles. The molecule has 0 aliphatic heterocycles. The van der Waals surface area contributed by atoms with Crippen LogP contribution in [-0.2, 0) is 0 Å². The number of anilines is 3. The van der Waals surface area contributed by atoms with Crippen LogP contribution in [0.15, 0.2) is 91.0 Å². The first kappa shape index (κ1) is 22.3. The van der Waals surface area contributed by atoms with Crippen molar-refractivity contribution in [2.75, 3.05) is 10.6 Å². The second-order valence-corrected chi connectivity index (χ2v) is 8.76. The molecule has 0 radical (unpaired) electrons. The summed E-state index contributed by atoms with van der Waals surface area (Å²) in [7, 11) is 0. The molecule has 5 nitrogen and oxygen atoms in total. The van der Waals surface area contributed by atoms with Gasteiger partial charge < -0.3 is 10.6 Å². The zero-order valence-corrected chi connectivity index (χ0v) is 20.0. The molecule has 5 aromatic rings. The van der Waals surface area contributed by atoms with E-state index in [1.54, 1.807) is 0 Å². The first-order valence-electron chi connectivity index (χ1n) is 11.6. The summed E-state index contributed by atoms with van der Waals surface area (Å²) in [6.45, 7) is 6.01. The molecular formula is C30H26N4O. The number of hydrogen-bond donors (Lipinski definition) is 2. The van der Waals surface area contributed by atoms with Crippen LogP contribution in [-0.4, -0.2) is 15.9 Å². The minimum Gasteiger partial charge on any atom is -0.324 e. The van der Waals surface area contributed by atoms with Crippen LogP contribution < -0.4 is 10.6 Å². The molecular weight excluding hydrogens is 432 g/mol. The van der Waals surface area contributed by atoms with Gasteiger partial charge in [0.25, 0.3) is 5.91 Å². The Morgan fingerprint density at radius 2 is 1.46 bits per heavy atom. The molecule has 5 rings (SSSR count). The molecule has 1 heterocycles. The zero-order valence-electron chi connectivity index (χ0n) is 20.0. The minimum absolute atomic E-state index is 0.141. The maximum absolute atomic E-state index is 12.9. The summed E-state index contributed by atoms with van der Waals surface area (Å²) in [4.78, 5) is 22.4. The van der Waals surface area contributed by atoms with Crippen LogP contribution in [0.1, 0.15) is 27.0 Å². The Labute approximate surface area is 204 Å². The van der Waals surface area contributed by atoms with Crippen molar-refractivity contribution in [3.8, 4) is 11.3 Å². The normalized spacial score (nSPS) is 10.8. The van der Waals surface area contributed by atoms with E-state index in [9.17, 15) is 4.79 Å². The van der Waals surface area contributed by atoms with Crippen molar-refractivity contribution in [3.05, 3.63) is 113 Å². The van der Waals surface area contributed by atoms with Crippen molar-refractivity contribution in [3.63, 3.8) is 0 Å². The number of carbonyl (C=O) groups is 1. The van der Waals surface area contributed by atoms with Gasteiger partial charge in [-0.1, -0.05) is 54.6 Å². The second-order valence-electron chi connectivity index (χ2n) is 8.76. The highest BCUT2D eigenvalue weighted by Crippen LogP contribution is 2.29. The molecule has 4 aromatic carbocycles. The van der Waals surface area contributed by atoms with Crippen LogP contribution in [0.25, 0.3) is 22.2 Å². The number of carbonyl (C=O) groups excluding carboxylic acids is 1. The topological polar surface area (TPSA) is 66.9 Å². The number of benzene rings is 4. The summed E-state index contributed by atoms with van der Waals surface area (Å²) in [6.07, 6.45) is 0. The third kappa shape index (κ3) is 4.89. The fourth-order valence-corrected chi connectivity index (χ4v) is 4.26.